The van der Waals surface area contributed by atoms with Gasteiger partial charge in [-0.05, 0) is 50.4 Å². The van der Waals surface area contributed by atoms with Gasteiger partial charge in [0.2, 0.25) is 5.91 Å². The van der Waals surface area contributed by atoms with E-state index in [1.54, 1.807) is 18.2 Å². The van der Waals surface area contributed by atoms with Crippen molar-refractivity contribution in [3.05, 3.63) is 28.2 Å². The zero-order valence-electron chi connectivity index (χ0n) is 14.6. The molecule has 0 radical (unpaired) electrons. The van der Waals surface area contributed by atoms with E-state index in [9.17, 15) is 4.79 Å². The molecule has 1 aromatic carbocycles. The van der Waals surface area contributed by atoms with Crippen LogP contribution in [-0.4, -0.2) is 43.6 Å². The van der Waals surface area contributed by atoms with Crippen molar-refractivity contribution in [1.82, 2.24) is 10.2 Å². The van der Waals surface area contributed by atoms with Crippen LogP contribution in [0.4, 0.5) is 0 Å². The number of hydrogen-bond donors (Lipinski definition) is 1. The Morgan fingerprint density at radius 1 is 1.32 bits per heavy atom. The van der Waals surface area contributed by atoms with E-state index >= 15 is 0 Å². The summed E-state index contributed by atoms with van der Waals surface area (Å²) in [5.41, 5.74) is 0. The van der Waals surface area contributed by atoms with Crippen molar-refractivity contribution in [1.29, 1.82) is 0 Å². The maximum absolute atomic E-state index is 12.3. The lowest BCUT2D eigenvalue weighted by molar-refractivity contribution is -0.132. The number of ether oxygens (including phenoxy) is 1. The molecule has 1 heterocycles. The summed E-state index contributed by atoms with van der Waals surface area (Å²) in [4.78, 5) is 14.2. The van der Waals surface area contributed by atoms with E-state index < -0.39 is 0 Å². The summed E-state index contributed by atoms with van der Waals surface area (Å²) in [6, 6.07) is 5.30. The largest absolute Gasteiger partial charge is 0.492 e. The first kappa shape index (κ1) is 22.4. The highest BCUT2D eigenvalue weighted by Gasteiger charge is 2.22. The summed E-state index contributed by atoms with van der Waals surface area (Å²) in [7, 11) is 0. The number of rotatable bonds is 8. The summed E-state index contributed by atoms with van der Waals surface area (Å²) in [6.45, 7) is 6.40. The molecule has 0 atom stereocenters. The van der Waals surface area contributed by atoms with E-state index in [-0.39, 0.29) is 18.3 Å². The first-order valence-corrected chi connectivity index (χ1v) is 9.42. The highest BCUT2D eigenvalue weighted by Crippen LogP contribution is 2.31. The Labute approximate surface area is 166 Å². The van der Waals surface area contributed by atoms with Gasteiger partial charge >= 0.3 is 0 Å². The first-order valence-electron chi connectivity index (χ1n) is 8.67. The smallest absolute Gasteiger partial charge is 0.222 e. The van der Waals surface area contributed by atoms with E-state index in [0.29, 0.717) is 41.2 Å². The van der Waals surface area contributed by atoms with Crippen molar-refractivity contribution in [3.8, 4) is 5.75 Å². The summed E-state index contributed by atoms with van der Waals surface area (Å²) < 4.78 is 5.62. The molecule has 7 heteroatoms. The Bertz CT molecular complexity index is 535. The van der Waals surface area contributed by atoms with Crippen LogP contribution in [0.1, 0.15) is 32.6 Å². The van der Waals surface area contributed by atoms with Crippen LogP contribution < -0.4 is 10.1 Å². The average Bonchev–Trinajstić information content (AvgIpc) is 2.60. The van der Waals surface area contributed by atoms with E-state index in [1.165, 1.54) is 0 Å². The lowest BCUT2D eigenvalue weighted by atomic mass is 9.96. The number of nitrogens with zero attached hydrogens (tertiary/aromatic N) is 1. The van der Waals surface area contributed by atoms with Crippen LogP contribution in [0.25, 0.3) is 0 Å². The lowest BCUT2D eigenvalue weighted by Gasteiger charge is -2.32. The van der Waals surface area contributed by atoms with Crippen molar-refractivity contribution in [2.45, 2.75) is 32.6 Å². The van der Waals surface area contributed by atoms with Gasteiger partial charge in [0.1, 0.15) is 10.8 Å². The molecular weight excluding hydrogens is 383 g/mol. The Morgan fingerprint density at radius 3 is 2.72 bits per heavy atom. The molecule has 0 spiro atoms. The first-order chi connectivity index (χ1) is 11.6. The highest BCUT2D eigenvalue weighted by atomic mass is 35.5. The molecule has 0 aromatic heterocycles. The Balaban J connectivity index is 0.00000312. The molecule has 0 aliphatic carbocycles. The molecule has 25 heavy (non-hydrogen) atoms. The standard InChI is InChI=1S/C18H26Cl2N2O2.ClH/c1-2-21-13-14-8-10-22(11-9-14)17(23)7-4-12-24-16-6-3-5-15(19)18(16)20;/h3,5-6,14,21H,2,4,7-13H2,1H3;1H. The number of nitrogens with one attached hydrogen (secondary N) is 1. The molecule has 1 fully saturated rings. The number of piperidine rings is 1. The quantitative estimate of drug-likeness (QED) is 0.646. The molecular formula is C18H27Cl3N2O2. The normalized spacial score (nSPS) is 14.9. The molecule has 1 aromatic rings. The molecule has 0 saturated carbocycles. The maximum Gasteiger partial charge on any atom is 0.222 e. The Morgan fingerprint density at radius 2 is 2.04 bits per heavy atom. The van der Waals surface area contributed by atoms with Gasteiger partial charge in [-0.2, -0.15) is 0 Å². The monoisotopic (exact) mass is 408 g/mol. The number of carbonyl (C=O) groups excluding carboxylic acids is 1. The number of likely N-dealkylation sites (tertiary alicyclic amines) is 1. The van der Waals surface area contributed by atoms with Gasteiger partial charge in [0, 0.05) is 19.5 Å². The molecule has 1 aliphatic rings. The van der Waals surface area contributed by atoms with E-state index in [2.05, 4.69) is 12.2 Å². The topological polar surface area (TPSA) is 41.6 Å². The number of benzene rings is 1. The van der Waals surface area contributed by atoms with Gasteiger partial charge in [-0.15, -0.1) is 12.4 Å². The zero-order chi connectivity index (χ0) is 17.4. The molecule has 1 aliphatic heterocycles. The predicted molar refractivity (Wildman–Crippen MR) is 106 cm³/mol. The molecule has 4 nitrogen and oxygen atoms in total. The Kier molecular flexibility index (Phi) is 10.6. The fourth-order valence-electron chi connectivity index (χ4n) is 2.89. The van der Waals surface area contributed by atoms with Crippen LogP contribution in [0.5, 0.6) is 5.75 Å². The molecule has 0 unspecified atom stereocenters. The second-order valence-electron chi connectivity index (χ2n) is 6.14. The maximum atomic E-state index is 12.3. The van der Waals surface area contributed by atoms with Crippen molar-refractivity contribution in [3.63, 3.8) is 0 Å². The third-order valence-corrected chi connectivity index (χ3v) is 5.16. The number of hydrogen-bond acceptors (Lipinski definition) is 3. The van der Waals surface area contributed by atoms with Gasteiger partial charge in [0.25, 0.3) is 0 Å². The number of amides is 1. The van der Waals surface area contributed by atoms with Crippen molar-refractivity contribution >= 4 is 41.5 Å². The van der Waals surface area contributed by atoms with E-state index in [0.717, 1.165) is 39.0 Å². The van der Waals surface area contributed by atoms with Gasteiger partial charge in [0.15, 0.2) is 0 Å². The van der Waals surface area contributed by atoms with Crippen molar-refractivity contribution < 1.29 is 9.53 Å². The van der Waals surface area contributed by atoms with Gasteiger partial charge < -0.3 is 15.0 Å². The molecule has 142 valence electrons. The van der Waals surface area contributed by atoms with Gasteiger partial charge in [-0.25, -0.2) is 0 Å². The Hall–Kier alpha value is -0.680. The molecule has 1 N–H and O–H groups in total. The van der Waals surface area contributed by atoms with Crippen LogP contribution >= 0.6 is 35.6 Å². The summed E-state index contributed by atoms with van der Waals surface area (Å²) in [5, 5.41) is 4.29. The molecule has 1 saturated heterocycles. The minimum atomic E-state index is 0. The van der Waals surface area contributed by atoms with Crippen LogP contribution in [-0.2, 0) is 4.79 Å². The SMILES string of the molecule is CCNCC1CCN(C(=O)CCCOc2cccc(Cl)c2Cl)CC1.Cl. The molecule has 2 rings (SSSR count). The number of carbonyl (C=O) groups is 1. The minimum absolute atomic E-state index is 0. The minimum Gasteiger partial charge on any atom is -0.492 e. The van der Waals surface area contributed by atoms with Gasteiger partial charge in [-0.3, -0.25) is 4.79 Å². The van der Waals surface area contributed by atoms with Crippen molar-refractivity contribution in [2.75, 3.05) is 32.8 Å². The lowest BCUT2D eigenvalue weighted by Crippen LogP contribution is -2.40. The van der Waals surface area contributed by atoms with Gasteiger partial charge in [0.05, 0.1) is 11.6 Å². The van der Waals surface area contributed by atoms with Gasteiger partial charge in [-0.1, -0.05) is 36.2 Å². The summed E-state index contributed by atoms with van der Waals surface area (Å²) in [6.07, 6.45) is 3.37. The summed E-state index contributed by atoms with van der Waals surface area (Å²) in [5.74, 6) is 1.49. The molecule has 0 bridgehead atoms. The molecule has 1 amide bonds. The highest BCUT2D eigenvalue weighted by molar-refractivity contribution is 6.42. The van der Waals surface area contributed by atoms with Crippen LogP contribution in [0.2, 0.25) is 10.0 Å². The second-order valence-corrected chi connectivity index (χ2v) is 6.92. The third-order valence-electron chi connectivity index (χ3n) is 4.36. The zero-order valence-corrected chi connectivity index (χ0v) is 16.9. The van der Waals surface area contributed by atoms with Crippen LogP contribution in [0, 0.1) is 5.92 Å². The van der Waals surface area contributed by atoms with E-state index in [1.807, 2.05) is 4.90 Å². The average molecular weight is 410 g/mol. The number of halogens is 3. The second kappa shape index (κ2) is 11.8. The fourth-order valence-corrected chi connectivity index (χ4v) is 3.24. The van der Waals surface area contributed by atoms with Crippen molar-refractivity contribution in [2.24, 2.45) is 5.92 Å². The fraction of sp³-hybridized carbons (Fsp3) is 0.611. The van der Waals surface area contributed by atoms with E-state index in [4.69, 9.17) is 27.9 Å². The summed E-state index contributed by atoms with van der Waals surface area (Å²) >= 11 is 12.0. The predicted octanol–water partition coefficient (Wildman–Crippen LogP) is 4.42. The van der Waals surface area contributed by atoms with Crippen LogP contribution in [0.3, 0.4) is 0 Å². The third kappa shape index (κ3) is 7.22. The van der Waals surface area contributed by atoms with Crippen LogP contribution in [0.15, 0.2) is 18.2 Å².